The number of aromatic amines is 3. The lowest BCUT2D eigenvalue weighted by Gasteiger charge is -1.86. The number of aromatic nitrogens is 3. The first-order valence-electron chi connectivity index (χ1n) is 3.17. The SMILES string of the molecule is O=c1[nH]c(=O)c2c(Br)c[nH]c2[nH]1. The number of fused-ring (bicyclic) bond motifs is 1. The molecule has 0 radical (unpaired) electrons. The molecule has 62 valence electrons. The fourth-order valence-corrected chi connectivity index (χ4v) is 1.52. The van der Waals surface area contributed by atoms with Gasteiger partial charge in [-0.2, -0.15) is 0 Å². The Labute approximate surface area is 74.0 Å². The molecule has 0 aliphatic carbocycles. The molecule has 0 amide bonds. The summed E-state index contributed by atoms with van der Waals surface area (Å²) < 4.78 is 0.634. The molecule has 0 fully saturated rings. The summed E-state index contributed by atoms with van der Waals surface area (Å²) in [6, 6.07) is 0. The van der Waals surface area contributed by atoms with Gasteiger partial charge < -0.3 is 4.98 Å². The molecule has 12 heavy (non-hydrogen) atoms. The Morgan fingerprint density at radius 3 is 2.75 bits per heavy atom. The first kappa shape index (κ1) is 7.35. The van der Waals surface area contributed by atoms with E-state index in [1.54, 1.807) is 6.20 Å². The first-order chi connectivity index (χ1) is 5.68. The molecule has 2 aromatic rings. The van der Waals surface area contributed by atoms with E-state index < -0.39 is 11.2 Å². The third-order valence-corrected chi connectivity index (χ3v) is 2.15. The van der Waals surface area contributed by atoms with Crippen molar-refractivity contribution in [3.63, 3.8) is 0 Å². The summed E-state index contributed by atoms with van der Waals surface area (Å²) in [7, 11) is 0. The quantitative estimate of drug-likeness (QED) is 0.608. The molecule has 2 rings (SSSR count). The van der Waals surface area contributed by atoms with Crippen LogP contribution in [0.5, 0.6) is 0 Å². The summed E-state index contributed by atoms with van der Waals surface area (Å²) in [4.78, 5) is 29.2. The third-order valence-electron chi connectivity index (χ3n) is 1.52. The minimum Gasteiger partial charge on any atom is -0.346 e. The number of H-pyrrole nitrogens is 3. The molecular weight excluding hydrogens is 226 g/mol. The van der Waals surface area contributed by atoms with Crippen LogP contribution in [-0.2, 0) is 0 Å². The highest BCUT2D eigenvalue weighted by molar-refractivity contribution is 9.10. The third kappa shape index (κ3) is 0.918. The van der Waals surface area contributed by atoms with Gasteiger partial charge in [0.15, 0.2) is 0 Å². The maximum Gasteiger partial charge on any atom is 0.327 e. The lowest BCUT2D eigenvalue weighted by Crippen LogP contribution is -2.21. The van der Waals surface area contributed by atoms with E-state index in [-0.39, 0.29) is 0 Å². The molecule has 2 aromatic heterocycles. The van der Waals surface area contributed by atoms with Crippen LogP contribution in [-0.4, -0.2) is 15.0 Å². The van der Waals surface area contributed by atoms with E-state index in [2.05, 4.69) is 30.9 Å². The van der Waals surface area contributed by atoms with Gasteiger partial charge in [-0.3, -0.25) is 14.8 Å². The van der Waals surface area contributed by atoms with Crippen LogP contribution in [0.3, 0.4) is 0 Å². The van der Waals surface area contributed by atoms with E-state index in [1.165, 1.54) is 0 Å². The number of rotatable bonds is 0. The van der Waals surface area contributed by atoms with Crippen LogP contribution in [0.25, 0.3) is 11.0 Å². The Balaban J connectivity index is 3.13. The molecule has 0 unspecified atom stereocenters. The largest absolute Gasteiger partial charge is 0.346 e. The summed E-state index contributed by atoms with van der Waals surface area (Å²) in [5, 5.41) is 0.426. The Bertz CT molecular complexity index is 535. The Morgan fingerprint density at radius 2 is 2.00 bits per heavy atom. The molecule has 0 aliphatic rings. The monoisotopic (exact) mass is 229 g/mol. The van der Waals surface area contributed by atoms with Crippen LogP contribution >= 0.6 is 15.9 Å². The number of halogens is 1. The summed E-state index contributed by atoms with van der Waals surface area (Å²) in [6.45, 7) is 0. The summed E-state index contributed by atoms with van der Waals surface area (Å²) in [5.41, 5.74) is -0.487. The molecule has 0 aromatic carbocycles. The van der Waals surface area contributed by atoms with Gasteiger partial charge in [-0.05, 0) is 15.9 Å². The predicted octanol–water partition coefficient (Wildman–Crippen LogP) is 0.307. The van der Waals surface area contributed by atoms with Crippen molar-refractivity contribution in [3.05, 3.63) is 31.5 Å². The van der Waals surface area contributed by atoms with Crippen molar-refractivity contribution < 1.29 is 0 Å². The fraction of sp³-hybridized carbons (Fsp3) is 0. The fourth-order valence-electron chi connectivity index (χ4n) is 1.03. The van der Waals surface area contributed by atoms with Crippen molar-refractivity contribution in [2.75, 3.05) is 0 Å². The summed E-state index contributed by atoms with van der Waals surface area (Å²) >= 11 is 3.17. The van der Waals surface area contributed by atoms with Crippen LogP contribution in [0.15, 0.2) is 20.3 Å². The van der Waals surface area contributed by atoms with E-state index in [4.69, 9.17) is 0 Å². The minimum absolute atomic E-state index is 0.401. The number of nitrogens with one attached hydrogen (secondary N) is 3. The Kier molecular flexibility index (Phi) is 1.44. The van der Waals surface area contributed by atoms with E-state index in [9.17, 15) is 9.59 Å². The van der Waals surface area contributed by atoms with Crippen molar-refractivity contribution >= 4 is 27.0 Å². The van der Waals surface area contributed by atoms with Crippen LogP contribution < -0.4 is 11.2 Å². The highest BCUT2D eigenvalue weighted by Crippen LogP contribution is 2.16. The highest BCUT2D eigenvalue weighted by Gasteiger charge is 2.05. The summed E-state index contributed by atoms with van der Waals surface area (Å²) in [5.74, 6) is 0. The zero-order chi connectivity index (χ0) is 8.72. The normalized spacial score (nSPS) is 10.8. The van der Waals surface area contributed by atoms with Crippen molar-refractivity contribution in [2.45, 2.75) is 0 Å². The average molecular weight is 230 g/mol. The van der Waals surface area contributed by atoms with Gasteiger partial charge in [-0.1, -0.05) is 0 Å². The van der Waals surface area contributed by atoms with E-state index in [1.807, 2.05) is 0 Å². The smallest absolute Gasteiger partial charge is 0.327 e. The molecule has 0 bridgehead atoms. The van der Waals surface area contributed by atoms with Gasteiger partial charge >= 0.3 is 5.69 Å². The predicted molar refractivity (Wildman–Crippen MR) is 47.2 cm³/mol. The Hall–Kier alpha value is -1.30. The second kappa shape index (κ2) is 2.34. The zero-order valence-corrected chi connectivity index (χ0v) is 7.36. The van der Waals surface area contributed by atoms with Crippen LogP contribution in [0.1, 0.15) is 0 Å². The second-order valence-corrected chi connectivity index (χ2v) is 3.15. The molecule has 2 heterocycles. The Morgan fingerprint density at radius 1 is 1.25 bits per heavy atom. The topological polar surface area (TPSA) is 81.5 Å². The highest BCUT2D eigenvalue weighted by atomic mass is 79.9. The maximum atomic E-state index is 11.2. The molecule has 5 nitrogen and oxygen atoms in total. The average Bonchev–Trinajstić information content (AvgIpc) is 2.31. The molecule has 0 atom stereocenters. The van der Waals surface area contributed by atoms with Gasteiger partial charge in [-0.15, -0.1) is 0 Å². The van der Waals surface area contributed by atoms with Crippen LogP contribution in [0.2, 0.25) is 0 Å². The van der Waals surface area contributed by atoms with E-state index in [0.29, 0.717) is 15.5 Å². The molecule has 0 spiro atoms. The van der Waals surface area contributed by atoms with Gasteiger partial charge in [0.1, 0.15) is 5.65 Å². The van der Waals surface area contributed by atoms with Gasteiger partial charge in [0, 0.05) is 6.20 Å². The van der Waals surface area contributed by atoms with E-state index in [0.717, 1.165) is 0 Å². The zero-order valence-electron chi connectivity index (χ0n) is 5.77. The summed E-state index contributed by atoms with van der Waals surface area (Å²) in [6.07, 6.45) is 1.59. The van der Waals surface area contributed by atoms with Crippen molar-refractivity contribution in [2.24, 2.45) is 0 Å². The lowest BCUT2D eigenvalue weighted by atomic mass is 10.4. The maximum absolute atomic E-state index is 11.2. The number of hydrogen-bond acceptors (Lipinski definition) is 2. The van der Waals surface area contributed by atoms with Gasteiger partial charge in [0.2, 0.25) is 0 Å². The minimum atomic E-state index is -0.512. The molecule has 0 saturated carbocycles. The molecular formula is C6H4BrN3O2. The van der Waals surface area contributed by atoms with E-state index >= 15 is 0 Å². The molecule has 0 aliphatic heterocycles. The molecule has 6 heteroatoms. The van der Waals surface area contributed by atoms with Crippen molar-refractivity contribution in [3.8, 4) is 0 Å². The van der Waals surface area contributed by atoms with Gasteiger partial charge in [0.05, 0.1) is 9.86 Å². The molecule has 0 saturated heterocycles. The van der Waals surface area contributed by atoms with Crippen molar-refractivity contribution in [1.29, 1.82) is 0 Å². The van der Waals surface area contributed by atoms with Crippen LogP contribution in [0, 0.1) is 0 Å². The molecule has 3 N–H and O–H groups in total. The van der Waals surface area contributed by atoms with Gasteiger partial charge in [0.25, 0.3) is 5.56 Å². The first-order valence-corrected chi connectivity index (χ1v) is 3.97. The van der Waals surface area contributed by atoms with Crippen molar-refractivity contribution in [1.82, 2.24) is 15.0 Å². The second-order valence-electron chi connectivity index (χ2n) is 2.29. The number of hydrogen-bond donors (Lipinski definition) is 3. The lowest BCUT2D eigenvalue weighted by molar-refractivity contribution is 1.07. The van der Waals surface area contributed by atoms with Gasteiger partial charge in [-0.25, -0.2) is 4.79 Å². The van der Waals surface area contributed by atoms with Crippen LogP contribution in [0.4, 0.5) is 0 Å². The standard InChI is InChI=1S/C6H4BrN3O2/c7-2-1-8-4-3(2)5(11)10-6(12)9-4/h1H,(H3,8,9,10,11,12).